The van der Waals surface area contributed by atoms with Gasteiger partial charge >= 0.3 is 0 Å². The standard InChI is InChI=1S/C31H20N4S2/c1-2-8-20(9-3-1)29(21-14-23(18-32-16-21)30-34-25-10-4-6-12-27(25)36-30)22-15-24(19-33-17-22)31-35-26-11-5-7-13-28(26)37-31/h1-19,29H. The Bertz CT molecular complexity index is 1670. The summed E-state index contributed by atoms with van der Waals surface area (Å²) >= 11 is 3.39. The van der Waals surface area contributed by atoms with Crippen LogP contribution in [0.5, 0.6) is 0 Å². The van der Waals surface area contributed by atoms with Gasteiger partial charge in [0.25, 0.3) is 0 Å². The first-order valence-corrected chi connectivity index (χ1v) is 13.6. The molecule has 176 valence electrons. The second-order valence-corrected chi connectivity index (χ2v) is 10.9. The molecule has 4 aromatic heterocycles. The molecule has 0 saturated heterocycles. The van der Waals surface area contributed by atoms with Gasteiger partial charge in [-0.15, -0.1) is 22.7 Å². The van der Waals surface area contributed by atoms with Crippen LogP contribution in [0.15, 0.2) is 116 Å². The predicted molar refractivity (Wildman–Crippen MR) is 153 cm³/mol. The third-order valence-electron chi connectivity index (χ3n) is 6.40. The molecule has 0 aliphatic carbocycles. The highest BCUT2D eigenvalue weighted by Gasteiger charge is 2.20. The molecule has 0 amide bonds. The van der Waals surface area contributed by atoms with Crippen LogP contribution < -0.4 is 0 Å². The Morgan fingerprint density at radius 3 is 1.49 bits per heavy atom. The van der Waals surface area contributed by atoms with Gasteiger partial charge in [-0.3, -0.25) is 9.97 Å². The van der Waals surface area contributed by atoms with Crippen LogP contribution in [0.3, 0.4) is 0 Å². The zero-order chi connectivity index (χ0) is 24.6. The lowest BCUT2D eigenvalue weighted by atomic mass is 9.86. The highest BCUT2D eigenvalue weighted by Crippen LogP contribution is 2.37. The first-order chi connectivity index (χ1) is 18.3. The van der Waals surface area contributed by atoms with Crippen molar-refractivity contribution in [3.8, 4) is 21.1 Å². The smallest absolute Gasteiger partial charge is 0.126 e. The summed E-state index contributed by atoms with van der Waals surface area (Å²) in [6.45, 7) is 0. The number of thiazole rings is 2. The number of rotatable bonds is 5. The van der Waals surface area contributed by atoms with Crippen LogP contribution in [0, 0.1) is 0 Å². The fourth-order valence-corrected chi connectivity index (χ4v) is 6.57. The number of para-hydroxylation sites is 2. The summed E-state index contributed by atoms with van der Waals surface area (Å²) in [5.41, 5.74) is 7.47. The summed E-state index contributed by atoms with van der Waals surface area (Å²) in [5.74, 6) is -0.0233. The van der Waals surface area contributed by atoms with Gasteiger partial charge in [-0.2, -0.15) is 0 Å². The van der Waals surface area contributed by atoms with Crippen molar-refractivity contribution in [1.82, 2.24) is 19.9 Å². The Morgan fingerprint density at radius 1 is 0.486 bits per heavy atom. The molecule has 37 heavy (non-hydrogen) atoms. The second kappa shape index (κ2) is 9.32. The lowest BCUT2D eigenvalue weighted by molar-refractivity contribution is 0.952. The monoisotopic (exact) mass is 512 g/mol. The number of fused-ring (bicyclic) bond motifs is 2. The molecule has 4 nitrogen and oxygen atoms in total. The lowest BCUT2D eigenvalue weighted by Crippen LogP contribution is -2.05. The van der Waals surface area contributed by atoms with E-state index < -0.39 is 0 Å². The van der Waals surface area contributed by atoms with Crippen LogP contribution in [0.25, 0.3) is 41.6 Å². The van der Waals surface area contributed by atoms with E-state index in [0.717, 1.165) is 43.3 Å². The van der Waals surface area contributed by atoms with Crippen LogP contribution in [0.4, 0.5) is 0 Å². The summed E-state index contributed by atoms with van der Waals surface area (Å²) in [4.78, 5) is 19.0. The number of aromatic nitrogens is 4. The van der Waals surface area contributed by atoms with Crippen molar-refractivity contribution >= 4 is 43.1 Å². The summed E-state index contributed by atoms with van der Waals surface area (Å²) in [6.07, 6.45) is 7.72. The molecule has 0 aliphatic heterocycles. The largest absolute Gasteiger partial charge is 0.264 e. The van der Waals surface area contributed by atoms with Crippen molar-refractivity contribution in [1.29, 1.82) is 0 Å². The van der Waals surface area contributed by atoms with Crippen molar-refractivity contribution in [3.05, 3.63) is 132 Å². The van der Waals surface area contributed by atoms with Crippen molar-refractivity contribution in [2.45, 2.75) is 5.92 Å². The minimum Gasteiger partial charge on any atom is -0.264 e. The van der Waals surface area contributed by atoms with Gasteiger partial charge < -0.3 is 0 Å². The topological polar surface area (TPSA) is 51.6 Å². The maximum absolute atomic E-state index is 4.86. The summed E-state index contributed by atoms with van der Waals surface area (Å²) in [6, 6.07) is 31.5. The Balaban J connectivity index is 1.34. The van der Waals surface area contributed by atoms with Gasteiger partial charge in [-0.05, 0) is 53.1 Å². The van der Waals surface area contributed by atoms with E-state index in [1.165, 1.54) is 15.0 Å². The molecule has 0 radical (unpaired) electrons. The van der Waals surface area contributed by atoms with E-state index in [1.54, 1.807) is 22.7 Å². The van der Waals surface area contributed by atoms with Crippen molar-refractivity contribution < 1.29 is 0 Å². The Labute approximate surface area is 222 Å². The number of hydrogen-bond acceptors (Lipinski definition) is 6. The molecule has 0 atom stereocenters. The van der Waals surface area contributed by atoms with Gasteiger partial charge in [-0.1, -0.05) is 54.6 Å². The summed E-state index contributed by atoms with van der Waals surface area (Å²) < 4.78 is 2.35. The summed E-state index contributed by atoms with van der Waals surface area (Å²) in [5, 5.41) is 1.95. The van der Waals surface area contributed by atoms with Crippen LogP contribution in [-0.2, 0) is 0 Å². The highest BCUT2D eigenvalue weighted by atomic mass is 32.1. The fraction of sp³-hybridized carbons (Fsp3) is 0.0323. The molecule has 0 N–H and O–H groups in total. The van der Waals surface area contributed by atoms with Crippen molar-refractivity contribution in [2.24, 2.45) is 0 Å². The average molecular weight is 513 g/mol. The van der Waals surface area contributed by atoms with E-state index in [0.29, 0.717) is 0 Å². The SMILES string of the molecule is c1ccc(C(c2cncc(-c3nc4ccccc4s3)c2)c2cncc(-c3nc4ccccc4s3)c2)cc1. The molecule has 3 aromatic carbocycles. The first-order valence-electron chi connectivity index (χ1n) is 12.0. The molecule has 0 saturated carbocycles. The number of pyridine rings is 2. The molecule has 0 aliphatic rings. The number of benzene rings is 3. The minimum absolute atomic E-state index is 0.0233. The first kappa shape index (κ1) is 22.0. The molecule has 0 spiro atoms. The van der Waals surface area contributed by atoms with Gasteiger partial charge in [0.1, 0.15) is 10.0 Å². The van der Waals surface area contributed by atoms with Gasteiger partial charge in [-0.25, -0.2) is 9.97 Å². The van der Waals surface area contributed by atoms with E-state index in [4.69, 9.17) is 9.97 Å². The van der Waals surface area contributed by atoms with E-state index >= 15 is 0 Å². The molecule has 7 rings (SSSR count). The molecule has 0 fully saturated rings. The van der Waals surface area contributed by atoms with Gasteiger partial charge in [0, 0.05) is 41.8 Å². The fourth-order valence-electron chi connectivity index (χ4n) is 4.68. The number of hydrogen-bond donors (Lipinski definition) is 0. The van der Waals surface area contributed by atoms with E-state index in [-0.39, 0.29) is 5.92 Å². The van der Waals surface area contributed by atoms with E-state index in [1.807, 2.05) is 43.0 Å². The molecule has 6 heteroatoms. The van der Waals surface area contributed by atoms with Crippen LogP contribution >= 0.6 is 22.7 Å². The third kappa shape index (κ3) is 4.20. The molecule has 0 unspecified atom stereocenters. The van der Waals surface area contributed by atoms with Gasteiger partial charge in [0.2, 0.25) is 0 Å². The normalized spacial score (nSPS) is 11.5. The summed E-state index contributed by atoms with van der Waals surface area (Å²) in [7, 11) is 0. The maximum Gasteiger partial charge on any atom is 0.126 e. The zero-order valence-corrected chi connectivity index (χ0v) is 21.3. The Kier molecular flexibility index (Phi) is 5.53. The van der Waals surface area contributed by atoms with E-state index in [2.05, 4.69) is 82.8 Å². The van der Waals surface area contributed by atoms with Gasteiger partial charge in [0.05, 0.1) is 20.4 Å². The second-order valence-electron chi connectivity index (χ2n) is 8.83. The third-order valence-corrected chi connectivity index (χ3v) is 8.57. The molecular weight excluding hydrogens is 493 g/mol. The van der Waals surface area contributed by atoms with Crippen molar-refractivity contribution in [3.63, 3.8) is 0 Å². The van der Waals surface area contributed by atoms with Crippen molar-refractivity contribution in [2.75, 3.05) is 0 Å². The Morgan fingerprint density at radius 2 is 0.973 bits per heavy atom. The minimum atomic E-state index is -0.0233. The lowest BCUT2D eigenvalue weighted by Gasteiger charge is -2.19. The molecule has 4 heterocycles. The van der Waals surface area contributed by atoms with Crippen LogP contribution in [0.1, 0.15) is 22.6 Å². The van der Waals surface area contributed by atoms with Crippen LogP contribution in [0.2, 0.25) is 0 Å². The van der Waals surface area contributed by atoms with E-state index in [9.17, 15) is 0 Å². The quantitative estimate of drug-likeness (QED) is 0.233. The highest BCUT2D eigenvalue weighted by molar-refractivity contribution is 7.22. The number of nitrogens with zero attached hydrogens (tertiary/aromatic N) is 4. The Hall–Kier alpha value is -4.26. The zero-order valence-electron chi connectivity index (χ0n) is 19.7. The van der Waals surface area contributed by atoms with Gasteiger partial charge in [0.15, 0.2) is 0 Å². The molecular formula is C31H20N4S2. The maximum atomic E-state index is 4.86. The molecule has 7 aromatic rings. The van der Waals surface area contributed by atoms with Crippen LogP contribution in [-0.4, -0.2) is 19.9 Å². The average Bonchev–Trinajstić information content (AvgIpc) is 3.59. The predicted octanol–water partition coefficient (Wildman–Crippen LogP) is 8.21. The molecule has 0 bridgehead atoms.